The number of unbranched alkanes of at least 4 members (excludes halogenated alkanes) is 1. The number of rotatable bonds is 10. The maximum atomic E-state index is 13.1. The van der Waals surface area contributed by atoms with Gasteiger partial charge in [0.1, 0.15) is 0 Å². The highest BCUT2D eigenvalue weighted by Gasteiger charge is 2.36. The average Bonchev–Trinajstić information content (AvgIpc) is 2.87. The Kier molecular flexibility index (Phi) is 9.37. The second kappa shape index (κ2) is 12.7. The predicted molar refractivity (Wildman–Crippen MR) is 144 cm³/mol. The zero-order valence-electron chi connectivity index (χ0n) is 21.9. The first-order valence-electron chi connectivity index (χ1n) is 12.4. The summed E-state index contributed by atoms with van der Waals surface area (Å²) < 4.78 is 5.50. The summed E-state index contributed by atoms with van der Waals surface area (Å²) in [5.41, 5.74) is 2.56. The number of carbonyl (C=O) groups is 3. The minimum absolute atomic E-state index is 0.0346. The SMILES string of the molecule is CCCCN1C(=O)NC(c2cccc(NC(=O)C=Cc3ccc([N+](=O)[O-])cc3)c2)C(C(=O)OC(C)C)=C1C. The highest BCUT2D eigenvalue weighted by molar-refractivity contribution is 6.02. The van der Waals surface area contributed by atoms with Gasteiger partial charge in [0.25, 0.3) is 5.69 Å². The van der Waals surface area contributed by atoms with Crippen molar-refractivity contribution in [1.29, 1.82) is 0 Å². The Balaban J connectivity index is 1.83. The molecule has 0 radical (unpaired) electrons. The Labute approximate surface area is 221 Å². The van der Waals surface area contributed by atoms with Crippen LogP contribution >= 0.6 is 0 Å². The molecule has 0 aliphatic carbocycles. The number of esters is 1. The molecule has 0 saturated heterocycles. The summed E-state index contributed by atoms with van der Waals surface area (Å²) in [7, 11) is 0. The smallest absolute Gasteiger partial charge is 0.338 e. The van der Waals surface area contributed by atoms with Crippen LogP contribution in [0, 0.1) is 10.1 Å². The van der Waals surface area contributed by atoms with Crippen LogP contribution in [0.15, 0.2) is 65.9 Å². The van der Waals surface area contributed by atoms with E-state index in [1.54, 1.807) is 68.1 Å². The lowest BCUT2D eigenvalue weighted by molar-refractivity contribution is -0.384. The highest BCUT2D eigenvalue weighted by atomic mass is 16.6. The van der Waals surface area contributed by atoms with Crippen LogP contribution in [0.2, 0.25) is 0 Å². The van der Waals surface area contributed by atoms with E-state index < -0.39 is 22.8 Å². The van der Waals surface area contributed by atoms with Gasteiger partial charge in [0.05, 0.1) is 22.6 Å². The van der Waals surface area contributed by atoms with Crippen molar-refractivity contribution in [3.8, 4) is 0 Å². The summed E-state index contributed by atoms with van der Waals surface area (Å²) in [6.07, 6.45) is 4.21. The van der Waals surface area contributed by atoms with Crippen molar-refractivity contribution in [3.05, 3.63) is 87.1 Å². The molecule has 38 heavy (non-hydrogen) atoms. The number of carbonyl (C=O) groups excluding carboxylic acids is 3. The molecule has 1 heterocycles. The summed E-state index contributed by atoms with van der Waals surface area (Å²) >= 11 is 0. The van der Waals surface area contributed by atoms with Gasteiger partial charge < -0.3 is 15.4 Å². The number of non-ortho nitro benzene ring substituents is 1. The van der Waals surface area contributed by atoms with Crippen molar-refractivity contribution in [2.24, 2.45) is 0 Å². The van der Waals surface area contributed by atoms with Crippen LogP contribution in [0.4, 0.5) is 16.2 Å². The van der Waals surface area contributed by atoms with Crippen LogP contribution in [-0.4, -0.2) is 40.4 Å². The summed E-state index contributed by atoms with van der Waals surface area (Å²) in [5.74, 6) is -0.922. The van der Waals surface area contributed by atoms with Crippen LogP contribution in [0.3, 0.4) is 0 Å². The summed E-state index contributed by atoms with van der Waals surface area (Å²) in [5, 5.41) is 16.5. The number of nitro benzene ring substituents is 1. The van der Waals surface area contributed by atoms with E-state index in [2.05, 4.69) is 10.6 Å². The van der Waals surface area contributed by atoms with E-state index >= 15 is 0 Å². The van der Waals surface area contributed by atoms with E-state index in [-0.39, 0.29) is 17.8 Å². The van der Waals surface area contributed by atoms with Crippen molar-refractivity contribution >= 4 is 35.4 Å². The molecule has 0 fully saturated rings. The lowest BCUT2D eigenvalue weighted by Gasteiger charge is -2.35. The number of benzene rings is 2. The Hall–Kier alpha value is -4.47. The molecule has 200 valence electrons. The topological polar surface area (TPSA) is 131 Å². The molecule has 3 rings (SSSR count). The Bertz CT molecular complexity index is 1270. The van der Waals surface area contributed by atoms with Crippen LogP contribution in [0.1, 0.15) is 57.7 Å². The lowest BCUT2D eigenvalue weighted by atomic mass is 9.94. The van der Waals surface area contributed by atoms with Crippen molar-refractivity contribution in [3.63, 3.8) is 0 Å². The van der Waals surface area contributed by atoms with Crippen LogP contribution < -0.4 is 10.6 Å². The first-order valence-corrected chi connectivity index (χ1v) is 12.4. The van der Waals surface area contributed by atoms with E-state index in [1.165, 1.54) is 18.2 Å². The summed E-state index contributed by atoms with van der Waals surface area (Å²) in [6, 6.07) is 11.6. The average molecular weight is 521 g/mol. The van der Waals surface area contributed by atoms with Crippen molar-refractivity contribution in [2.45, 2.75) is 52.7 Å². The number of hydrogen-bond donors (Lipinski definition) is 2. The van der Waals surface area contributed by atoms with Crippen molar-refractivity contribution in [2.75, 3.05) is 11.9 Å². The molecule has 2 aromatic rings. The number of amides is 3. The fourth-order valence-corrected chi connectivity index (χ4v) is 4.02. The van der Waals surface area contributed by atoms with Gasteiger partial charge in [-0.15, -0.1) is 0 Å². The highest BCUT2D eigenvalue weighted by Crippen LogP contribution is 2.33. The second-order valence-electron chi connectivity index (χ2n) is 9.14. The number of nitrogens with zero attached hydrogens (tertiary/aromatic N) is 2. The summed E-state index contributed by atoms with van der Waals surface area (Å²) in [6.45, 7) is 7.78. The first kappa shape index (κ1) is 28.1. The third-order valence-corrected chi connectivity index (χ3v) is 5.91. The predicted octanol–water partition coefficient (Wildman–Crippen LogP) is 5.34. The minimum Gasteiger partial charge on any atom is -0.459 e. The first-order chi connectivity index (χ1) is 18.1. The number of nitrogens with one attached hydrogen (secondary N) is 2. The molecule has 2 aromatic carbocycles. The van der Waals surface area contributed by atoms with Crippen LogP contribution in [-0.2, 0) is 14.3 Å². The second-order valence-corrected chi connectivity index (χ2v) is 9.14. The van der Waals surface area contributed by atoms with Gasteiger partial charge in [0.2, 0.25) is 5.91 Å². The lowest BCUT2D eigenvalue weighted by Crippen LogP contribution is -2.48. The third kappa shape index (κ3) is 7.06. The monoisotopic (exact) mass is 520 g/mol. The molecular weight excluding hydrogens is 488 g/mol. The molecule has 0 aromatic heterocycles. The van der Waals surface area contributed by atoms with E-state index in [9.17, 15) is 24.5 Å². The fourth-order valence-electron chi connectivity index (χ4n) is 4.02. The van der Waals surface area contributed by atoms with Crippen LogP contribution in [0.25, 0.3) is 6.08 Å². The minimum atomic E-state index is -0.751. The molecule has 2 N–H and O–H groups in total. The molecule has 0 spiro atoms. The van der Waals surface area contributed by atoms with Crippen molar-refractivity contribution in [1.82, 2.24) is 10.2 Å². The Morgan fingerprint density at radius 3 is 2.55 bits per heavy atom. The summed E-state index contributed by atoms with van der Waals surface area (Å²) in [4.78, 5) is 50.4. The largest absolute Gasteiger partial charge is 0.459 e. The number of hydrogen-bond acceptors (Lipinski definition) is 6. The number of anilines is 1. The standard InChI is InChI=1S/C28H32N4O6/c1-5-6-16-31-19(4)25(27(34)38-18(2)3)26(30-28(31)35)21-8-7-9-22(17-21)29-24(33)15-12-20-10-13-23(14-11-20)32(36)37/h7-15,17-18,26H,5-6,16H2,1-4H3,(H,29,33)(H,30,35). The molecule has 1 unspecified atom stereocenters. The number of ether oxygens (including phenoxy) is 1. The fraction of sp³-hybridized carbons (Fsp3) is 0.321. The Morgan fingerprint density at radius 1 is 1.21 bits per heavy atom. The maximum absolute atomic E-state index is 13.1. The quantitative estimate of drug-likeness (QED) is 0.188. The maximum Gasteiger partial charge on any atom is 0.338 e. The molecule has 0 saturated carbocycles. The van der Waals surface area contributed by atoms with E-state index in [1.807, 2.05) is 6.92 Å². The van der Waals surface area contributed by atoms with Gasteiger partial charge in [-0.1, -0.05) is 25.5 Å². The van der Waals surface area contributed by atoms with Gasteiger partial charge in [0.15, 0.2) is 0 Å². The molecule has 1 aliphatic heterocycles. The zero-order chi connectivity index (χ0) is 27.8. The molecule has 1 aliphatic rings. The number of allylic oxidation sites excluding steroid dienone is 1. The zero-order valence-corrected chi connectivity index (χ0v) is 21.9. The molecule has 10 nitrogen and oxygen atoms in total. The number of urea groups is 1. The third-order valence-electron chi connectivity index (χ3n) is 5.91. The Morgan fingerprint density at radius 2 is 1.92 bits per heavy atom. The van der Waals surface area contributed by atoms with Gasteiger partial charge in [-0.3, -0.25) is 19.8 Å². The van der Waals surface area contributed by atoms with E-state index in [4.69, 9.17) is 4.74 Å². The number of nitro groups is 1. The molecule has 0 bridgehead atoms. The van der Waals surface area contributed by atoms with Gasteiger partial charge in [-0.05, 0) is 68.7 Å². The molecular formula is C28H32N4O6. The van der Waals surface area contributed by atoms with Gasteiger partial charge >= 0.3 is 12.0 Å². The molecule has 10 heteroatoms. The van der Waals surface area contributed by atoms with Gasteiger partial charge in [-0.25, -0.2) is 9.59 Å². The van der Waals surface area contributed by atoms with Gasteiger partial charge in [-0.2, -0.15) is 0 Å². The molecule has 3 amide bonds. The normalized spacial score (nSPS) is 15.6. The van der Waals surface area contributed by atoms with E-state index in [0.29, 0.717) is 34.6 Å². The van der Waals surface area contributed by atoms with Crippen molar-refractivity contribution < 1.29 is 24.0 Å². The van der Waals surface area contributed by atoms with Crippen LogP contribution in [0.5, 0.6) is 0 Å². The molecule has 1 atom stereocenters. The van der Waals surface area contributed by atoms with E-state index in [0.717, 1.165) is 12.8 Å². The van der Waals surface area contributed by atoms with Gasteiger partial charge in [0, 0.05) is 36.1 Å².